The lowest BCUT2D eigenvalue weighted by Crippen LogP contribution is -2.13. The van der Waals surface area contributed by atoms with Gasteiger partial charge in [0.25, 0.3) is 5.91 Å². The first kappa shape index (κ1) is 17.5. The van der Waals surface area contributed by atoms with Crippen molar-refractivity contribution >= 4 is 5.91 Å². The fraction of sp³-hybridized carbons (Fsp3) is 0.182. The van der Waals surface area contributed by atoms with Gasteiger partial charge in [-0.3, -0.25) is 4.79 Å². The summed E-state index contributed by atoms with van der Waals surface area (Å²) in [5, 5.41) is 9.00. The van der Waals surface area contributed by atoms with Crippen molar-refractivity contribution in [2.24, 2.45) is 5.73 Å². The zero-order valence-electron chi connectivity index (χ0n) is 15.2. The predicted molar refractivity (Wildman–Crippen MR) is 103 cm³/mol. The minimum absolute atomic E-state index is 0.437. The summed E-state index contributed by atoms with van der Waals surface area (Å²) in [4.78, 5) is 12.2. The van der Waals surface area contributed by atoms with E-state index in [0.29, 0.717) is 17.7 Å². The molecule has 0 saturated carbocycles. The first-order chi connectivity index (χ1) is 12.4. The third kappa shape index (κ3) is 3.12. The highest BCUT2D eigenvalue weighted by atomic mass is 16.1. The number of carbonyl (C=O) groups excluding carboxylic acids is 1. The number of nitrogens with zero attached hydrogens (tertiary/aromatic N) is 2. The van der Waals surface area contributed by atoms with Crippen molar-refractivity contribution in [2.75, 3.05) is 0 Å². The smallest absolute Gasteiger partial charge is 0.251 e. The molecule has 1 aromatic heterocycles. The number of rotatable bonds is 4. The maximum absolute atomic E-state index is 12.2. The van der Waals surface area contributed by atoms with Crippen LogP contribution in [-0.4, -0.2) is 10.5 Å². The number of aromatic nitrogens is 1. The topological polar surface area (TPSA) is 71.8 Å². The summed E-state index contributed by atoms with van der Waals surface area (Å²) < 4.78 is 2.13. The maximum Gasteiger partial charge on any atom is 0.251 e. The molecule has 1 heterocycles. The fourth-order valence-corrected chi connectivity index (χ4v) is 3.48. The predicted octanol–water partition coefficient (Wildman–Crippen LogP) is 4.10. The van der Waals surface area contributed by atoms with Crippen LogP contribution in [-0.2, 0) is 6.54 Å². The summed E-state index contributed by atoms with van der Waals surface area (Å²) in [7, 11) is 0. The van der Waals surface area contributed by atoms with Crippen LogP contribution in [0.25, 0.3) is 11.1 Å². The Morgan fingerprint density at radius 3 is 2.35 bits per heavy atom. The van der Waals surface area contributed by atoms with Crippen LogP contribution in [0, 0.1) is 32.1 Å². The van der Waals surface area contributed by atoms with E-state index in [4.69, 9.17) is 11.0 Å². The summed E-state index contributed by atoms with van der Waals surface area (Å²) in [5.41, 5.74) is 12.8. The van der Waals surface area contributed by atoms with Crippen LogP contribution in [0.4, 0.5) is 0 Å². The van der Waals surface area contributed by atoms with E-state index < -0.39 is 5.91 Å². The highest BCUT2D eigenvalue weighted by Crippen LogP contribution is 2.33. The summed E-state index contributed by atoms with van der Waals surface area (Å²) in [5.74, 6) is -0.437. The first-order valence-electron chi connectivity index (χ1n) is 8.48. The van der Waals surface area contributed by atoms with Gasteiger partial charge >= 0.3 is 0 Å². The van der Waals surface area contributed by atoms with Crippen molar-refractivity contribution in [3.8, 4) is 17.2 Å². The van der Waals surface area contributed by atoms with Crippen molar-refractivity contribution in [3.63, 3.8) is 0 Å². The monoisotopic (exact) mass is 343 g/mol. The van der Waals surface area contributed by atoms with Gasteiger partial charge in [-0.25, -0.2) is 0 Å². The third-order valence-corrected chi connectivity index (χ3v) is 4.76. The molecule has 0 radical (unpaired) electrons. The summed E-state index contributed by atoms with van der Waals surface area (Å²) >= 11 is 0. The number of nitriles is 1. The van der Waals surface area contributed by atoms with Crippen LogP contribution in [0.15, 0.2) is 48.5 Å². The Kier molecular flexibility index (Phi) is 4.64. The van der Waals surface area contributed by atoms with E-state index in [0.717, 1.165) is 22.5 Å². The summed E-state index contributed by atoms with van der Waals surface area (Å²) in [6, 6.07) is 17.7. The highest BCUT2D eigenvalue weighted by molar-refractivity contribution is 6.02. The molecule has 4 heteroatoms. The SMILES string of the molecule is Cc1cccc(Cn2c(C)c(C(N)=O)c(-c3ccc(C#N)cc3)c2C)c1. The van der Waals surface area contributed by atoms with Gasteiger partial charge < -0.3 is 10.3 Å². The normalized spacial score (nSPS) is 10.5. The molecule has 2 N–H and O–H groups in total. The van der Waals surface area contributed by atoms with Crippen molar-refractivity contribution in [2.45, 2.75) is 27.3 Å². The van der Waals surface area contributed by atoms with E-state index in [1.807, 2.05) is 32.0 Å². The van der Waals surface area contributed by atoms with Crippen LogP contribution >= 0.6 is 0 Å². The summed E-state index contributed by atoms with van der Waals surface area (Å²) in [6.07, 6.45) is 0. The molecule has 3 aromatic rings. The van der Waals surface area contributed by atoms with E-state index in [1.165, 1.54) is 11.1 Å². The van der Waals surface area contributed by atoms with E-state index in [1.54, 1.807) is 12.1 Å². The van der Waals surface area contributed by atoms with Gasteiger partial charge in [0.05, 0.1) is 17.2 Å². The molecule has 0 aliphatic carbocycles. The first-order valence-corrected chi connectivity index (χ1v) is 8.48. The minimum atomic E-state index is -0.437. The molecule has 3 rings (SSSR count). The molecule has 0 atom stereocenters. The number of nitrogens with two attached hydrogens (primary N) is 1. The Morgan fingerprint density at radius 1 is 1.08 bits per heavy atom. The largest absolute Gasteiger partial charge is 0.366 e. The molecule has 0 spiro atoms. The van der Waals surface area contributed by atoms with Crippen molar-refractivity contribution in [3.05, 3.63) is 82.2 Å². The molecule has 130 valence electrons. The Bertz CT molecular complexity index is 1020. The van der Waals surface area contributed by atoms with Crippen LogP contribution in [0.2, 0.25) is 0 Å². The van der Waals surface area contributed by atoms with Crippen LogP contribution in [0.1, 0.15) is 38.4 Å². The molecule has 26 heavy (non-hydrogen) atoms. The molecule has 4 nitrogen and oxygen atoms in total. The Morgan fingerprint density at radius 2 is 1.77 bits per heavy atom. The molecular formula is C22H21N3O. The van der Waals surface area contributed by atoms with E-state index >= 15 is 0 Å². The molecule has 0 aliphatic heterocycles. The minimum Gasteiger partial charge on any atom is -0.366 e. The van der Waals surface area contributed by atoms with Gasteiger partial charge in [0.15, 0.2) is 0 Å². The summed E-state index contributed by atoms with van der Waals surface area (Å²) in [6.45, 7) is 6.67. The highest BCUT2D eigenvalue weighted by Gasteiger charge is 2.22. The van der Waals surface area contributed by atoms with Gasteiger partial charge in [-0.05, 0) is 44.0 Å². The molecular weight excluding hydrogens is 322 g/mol. The Hall–Kier alpha value is -3.32. The van der Waals surface area contributed by atoms with Crippen LogP contribution < -0.4 is 5.73 Å². The number of hydrogen-bond donors (Lipinski definition) is 1. The third-order valence-electron chi connectivity index (χ3n) is 4.76. The Labute approximate surface area is 153 Å². The lowest BCUT2D eigenvalue weighted by atomic mass is 9.99. The second-order valence-electron chi connectivity index (χ2n) is 6.55. The van der Waals surface area contributed by atoms with Crippen LogP contribution in [0.3, 0.4) is 0 Å². The van der Waals surface area contributed by atoms with Crippen molar-refractivity contribution in [1.29, 1.82) is 5.26 Å². The number of aryl methyl sites for hydroxylation is 1. The fourth-order valence-electron chi connectivity index (χ4n) is 3.48. The second kappa shape index (κ2) is 6.89. The van der Waals surface area contributed by atoms with Gasteiger partial charge in [-0.1, -0.05) is 42.0 Å². The molecule has 0 aliphatic rings. The molecule has 0 bridgehead atoms. The zero-order valence-corrected chi connectivity index (χ0v) is 15.2. The van der Waals surface area contributed by atoms with Gasteiger partial charge in [0.1, 0.15) is 0 Å². The number of benzene rings is 2. The molecule has 0 fully saturated rings. The molecule has 1 amide bonds. The molecule has 0 unspecified atom stereocenters. The second-order valence-corrected chi connectivity index (χ2v) is 6.55. The standard InChI is InChI=1S/C22H21N3O/c1-14-5-4-6-18(11-14)13-25-15(2)20(21(16(25)3)22(24)26)19-9-7-17(12-23)8-10-19/h4-11H,13H2,1-3H3,(H2,24,26). The van der Waals surface area contributed by atoms with Crippen molar-refractivity contribution in [1.82, 2.24) is 4.57 Å². The van der Waals surface area contributed by atoms with E-state index in [2.05, 4.69) is 35.8 Å². The van der Waals surface area contributed by atoms with Gasteiger partial charge in [-0.2, -0.15) is 5.26 Å². The number of amides is 1. The quantitative estimate of drug-likeness (QED) is 0.774. The zero-order chi connectivity index (χ0) is 18.8. The number of carbonyl (C=O) groups is 1. The lowest BCUT2D eigenvalue weighted by Gasteiger charge is -2.11. The van der Waals surface area contributed by atoms with E-state index in [-0.39, 0.29) is 0 Å². The van der Waals surface area contributed by atoms with Gasteiger partial charge in [0, 0.05) is 23.5 Å². The average molecular weight is 343 g/mol. The molecule has 0 saturated heterocycles. The lowest BCUT2D eigenvalue weighted by molar-refractivity contribution is 0.1000. The van der Waals surface area contributed by atoms with Crippen molar-refractivity contribution < 1.29 is 4.79 Å². The number of hydrogen-bond acceptors (Lipinski definition) is 2. The molecule has 2 aromatic carbocycles. The number of primary amides is 1. The average Bonchev–Trinajstić information content (AvgIpc) is 2.86. The maximum atomic E-state index is 12.2. The van der Waals surface area contributed by atoms with Gasteiger partial charge in [0.2, 0.25) is 0 Å². The van der Waals surface area contributed by atoms with Crippen LogP contribution in [0.5, 0.6) is 0 Å². The Balaban J connectivity index is 2.15. The van der Waals surface area contributed by atoms with E-state index in [9.17, 15) is 4.79 Å². The van der Waals surface area contributed by atoms with Gasteiger partial charge in [-0.15, -0.1) is 0 Å².